The minimum Gasteiger partial charge on any atom is -0.261 e. The Labute approximate surface area is 119 Å². The van der Waals surface area contributed by atoms with Crippen LogP contribution in [0.25, 0.3) is 0 Å². The topological polar surface area (TPSA) is 93.3 Å². The van der Waals surface area contributed by atoms with Crippen LogP contribution in [-0.4, -0.2) is 21.1 Å². The summed E-state index contributed by atoms with van der Waals surface area (Å²) in [6, 6.07) is 7.56. The Hall–Kier alpha value is -2.54. The molecule has 0 saturated carbocycles. The highest BCUT2D eigenvalue weighted by Gasteiger charge is 2.02. The SMILES string of the molecule is Cc1nc(Cl)cc(N/N=C/c2ccc([N+](=O)[O-])cc2)n1. The summed E-state index contributed by atoms with van der Waals surface area (Å²) >= 11 is 5.79. The molecular formula is C12H10ClN5O2. The van der Waals surface area contributed by atoms with Crippen LogP contribution in [0.3, 0.4) is 0 Å². The maximum absolute atomic E-state index is 10.5. The van der Waals surface area contributed by atoms with E-state index in [-0.39, 0.29) is 5.69 Å². The van der Waals surface area contributed by atoms with Gasteiger partial charge in [0.15, 0.2) is 5.82 Å². The van der Waals surface area contributed by atoms with Gasteiger partial charge in [0, 0.05) is 18.2 Å². The predicted molar refractivity (Wildman–Crippen MR) is 76.1 cm³/mol. The number of rotatable bonds is 4. The van der Waals surface area contributed by atoms with Crippen LogP contribution in [0.5, 0.6) is 0 Å². The zero-order valence-electron chi connectivity index (χ0n) is 10.4. The van der Waals surface area contributed by atoms with Crippen LogP contribution in [0, 0.1) is 17.0 Å². The lowest BCUT2D eigenvalue weighted by Gasteiger charge is -2.00. The number of aryl methyl sites for hydroxylation is 1. The Morgan fingerprint density at radius 2 is 2.05 bits per heavy atom. The van der Waals surface area contributed by atoms with Crippen LogP contribution in [-0.2, 0) is 0 Å². The number of non-ortho nitro benzene ring substituents is 1. The molecule has 0 fully saturated rings. The molecule has 0 aliphatic heterocycles. The number of hydrogen-bond donors (Lipinski definition) is 1. The molecule has 102 valence electrons. The number of halogens is 1. The summed E-state index contributed by atoms with van der Waals surface area (Å²) in [4.78, 5) is 18.1. The first-order chi connectivity index (χ1) is 9.54. The quantitative estimate of drug-likeness (QED) is 0.404. The van der Waals surface area contributed by atoms with E-state index < -0.39 is 4.92 Å². The second kappa shape index (κ2) is 6.07. The molecule has 1 aromatic heterocycles. The van der Waals surface area contributed by atoms with Gasteiger partial charge in [-0.1, -0.05) is 11.6 Å². The van der Waals surface area contributed by atoms with Crippen LogP contribution >= 0.6 is 11.6 Å². The zero-order valence-corrected chi connectivity index (χ0v) is 11.2. The van der Waals surface area contributed by atoms with E-state index in [9.17, 15) is 10.1 Å². The smallest absolute Gasteiger partial charge is 0.261 e. The molecule has 1 heterocycles. The second-order valence-electron chi connectivity index (χ2n) is 3.84. The van der Waals surface area contributed by atoms with Crippen molar-refractivity contribution in [3.8, 4) is 0 Å². The van der Waals surface area contributed by atoms with Gasteiger partial charge in [0.05, 0.1) is 11.1 Å². The van der Waals surface area contributed by atoms with Gasteiger partial charge >= 0.3 is 0 Å². The van der Waals surface area contributed by atoms with Crippen molar-refractivity contribution < 1.29 is 4.92 Å². The molecule has 0 aliphatic carbocycles. The van der Waals surface area contributed by atoms with Crippen molar-refractivity contribution in [2.45, 2.75) is 6.92 Å². The highest BCUT2D eigenvalue weighted by Crippen LogP contribution is 2.12. The number of hydrazone groups is 1. The fourth-order valence-corrected chi connectivity index (χ4v) is 1.67. The summed E-state index contributed by atoms with van der Waals surface area (Å²) in [5, 5.41) is 14.8. The van der Waals surface area contributed by atoms with Gasteiger partial charge in [-0.3, -0.25) is 15.5 Å². The van der Waals surface area contributed by atoms with E-state index in [4.69, 9.17) is 11.6 Å². The van der Waals surface area contributed by atoms with Gasteiger partial charge in [-0.05, 0) is 24.6 Å². The average molecular weight is 292 g/mol. The molecule has 7 nitrogen and oxygen atoms in total. The molecular weight excluding hydrogens is 282 g/mol. The lowest BCUT2D eigenvalue weighted by Crippen LogP contribution is -1.97. The van der Waals surface area contributed by atoms with Crippen molar-refractivity contribution in [1.82, 2.24) is 9.97 Å². The van der Waals surface area contributed by atoms with Gasteiger partial charge < -0.3 is 0 Å². The van der Waals surface area contributed by atoms with Crippen molar-refractivity contribution in [2.75, 3.05) is 5.43 Å². The summed E-state index contributed by atoms with van der Waals surface area (Å²) in [5.74, 6) is 1.01. The molecule has 0 saturated heterocycles. The zero-order chi connectivity index (χ0) is 14.5. The number of aromatic nitrogens is 2. The van der Waals surface area contributed by atoms with Crippen LogP contribution in [0.4, 0.5) is 11.5 Å². The molecule has 20 heavy (non-hydrogen) atoms. The van der Waals surface area contributed by atoms with E-state index in [0.717, 1.165) is 5.56 Å². The van der Waals surface area contributed by atoms with Gasteiger partial charge in [-0.25, -0.2) is 9.97 Å². The van der Waals surface area contributed by atoms with Gasteiger partial charge in [0.1, 0.15) is 11.0 Å². The molecule has 0 amide bonds. The van der Waals surface area contributed by atoms with E-state index >= 15 is 0 Å². The third-order valence-corrected chi connectivity index (χ3v) is 2.50. The normalized spacial score (nSPS) is 10.7. The molecule has 2 aromatic rings. The summed E-state index contributed by atoms with van der Waals surface area (Å²) < 4.78 is 0. The Morgan fingerprint density at radius 1 is 1.35 bits per heavy atom. The molecule has 0 bridgehead atoms. The van der Waals surface area contributed by atoms with Crippen molar-refractivity contribution in [3.05, 3.63) is 57.0 Å². The van der Waals surface area contributed by atoms with Crippen LogP contribution in [0.2, 0.25) is 5.15 Å². The number of hydrogen-bond acceptors (Lipinski definition) is 6. The van der Waals surface area contributed by atoms with Gasteiger partial charge in [0.25, 0.3) is 5.69 Å². The third kappa shape index (κ3) is 3.72. The number of nitro groups is 1. The Kier molecular flexibility index (Phi) is 4.21. The first-order valence-electron chi connectivity index (χ1n) is 5.59. The Balaban J connectivity index is 2.04. The molecule has 0 aliphatic rings. The summed E-state index contributed by atoms with van der Waals surface area (Å²) in [6.07, 6.45) is 1.52. The minimum atomic E-state index is -0.454. The lowest BCUT2D eigenvalue weighted by atomic mass is 10.2. The first-order valence-corrected chi connectivity index (χ1v) is 5.97. The van der Waals surface area contributed by atoms with Crippen LogP contribution in [0.1, 0.15) is 11.4 Å². The Bertz CT molecular complexity index is 637. The van der Waals surface area contributed by atoms with Crippen LogP contribution < -0.4 is 5.43 Å². The molecule has 0 spiro atoms. The third-order valence-electron chi connectivity index (χ3n) is 2.30. The molecule has 0 unspecified atom stereocenters. The number of benzene rings is 1. The summed E-state index contributed by atoms with van der Waals surface area (Å²) in [7, 11) is 0. The largest absolute Gasteiger partial charge is 0.269 e. The number of nitrogens with one attached hydrogen (secondary N) is 1. The molecule has 8 heteroatoms. The van der Waals surface area contributed by atoms with Crippen molar-refractivity contribution in [1.29, 1.82) is 0 Å². The minimum absolute atomic E-state index is 0.0355. The van der Waals surface area contributed by atoms with Gasteiger partial charge in [-0.15, -0.1) is 0 Å². The molecule has 0 atom stereocenters. The van der Waals surface area contributed by atoms with Crippen LogP contribution in [0.15, 0.2) is 35.4 Å². The standard InChI is InChI=1S/C12H10ClN5O2/c1-8-15-11(13)6-12(16-8)17-14-7-9-2-4-10(5-3-9)18(19)20/h2-7H,1H3,(H,15,16,17)/b14-7+. The number of nitrogens with zero attached hydrogens (tertiary/aromatic N) is 4. The fraction of sp³-hybridized carbons (Fsp3) is 0.0833. The van der Waals surface area contributed by atoms with E-state index in [1.54, 1.807) is 25.1 Å². The van der Waals surface area contributed by atoms with Gasteiger partial charge in [0.2, 0.25) is 0 Å². The van der Waals surface area contributed by atoms with E-state index in [0.29, 0.717) is 16.8 Å². The summed E-state index contributed by atoms with van der Waals surface area (Å²) in [6.45, 7) is 1.72. The number of nitro benzene ring substituents is 1. The van der Waals surface area contributed by atoms with E-state index in [1.807, 2.05) is 0 Å². The van der Waals surface area contributed by atoms with E-state index in [2.05, 4.69) is 20.5 Å². The monoisotopic (exact) mass is 291 g/mol. The number of anilines is 1. The first kappa shape index (κ1) is 13.9. The van der Waals surface area contributed by atoms with Crippen molar-refractivity contribution >= 4 is 29.3 Å². The fourth-order valence-electron chi connectivity index (χ4n) is 1.44. The molecule has 2 rings (SSSR count). The maximum Gasteiger partial charge on any atom is 0.269 e. The van der Waals surface area contributed by atoms with E-state index in [1.165, 1.54) is 18.3 Å². The highest BCUT2D eigenvalue weighted by molar-refractivity contribution is 6.29. The average Bonchev–Trinajstić information content (AvgIpc) is 2.38. The predicted octanol–water partition coefficient (Wildman–Crippen LogP) is 2.79. The van der Waals surface area contributed by atoms with Crippen molar-refractivity contribution in [3.63, 3.8) is 0 Å². The molecule has 0 radical (unpaired) electrons. The molecule has 1 N–H and O–H groups in total. The highest BCUT2D eigenvalue weighted by atomic mass is 35.5. The maximum atomic E-state index is 10.5. The summed E-state index contributed by atoms with van der Waals surface area (Å²) in [5.41, 5.74) is 3.47. The van der Waals surface area contributed by atoms with Gasteiger partial charge in [-0.2, -0.15) is 5.10 Å². The molecule has 1 aromatic carbocycles. The Morgan fingerprint density at radius 3 is 2.65 bits per heavy atom. The lowest BCUT2D eigenvalue weighted by molar-refractivity contribution is -0.384. The second-order valence-corrected chi connectivity index (χ2v) is 4.23. The van der Waals surface area contributed by atoms with Crippen molar-refractivity contribution in [2.24, 2.45) is 5.10 Å².